The number of nitrogens with zero attached hydrogens (tertiary/aromatic N) is 5. The molecule has 2 fully saturated rings. The molecule has 3 aliphatic rings. The normalized spacial score (nSPS) is 19.1. The van der Waals surface area contributed by atoms with Crippen LogP contribution in [0.1, 0.15) is 47.3 Å². The Morgan fingerprint density at radius 2 is 1.97 bits per heavy atom. The number of carbonyl (C=O) groups is 1. The van der Waals surface area contributed by atoms with E-state index in [-0.39, 0.29) is 17.7 Å². The lowest BCUT2D eigenvalue weighted by Crippen LogP contribution is -2.46. The zero-order valence-corrected chi connectivity index (χ0v) is 19.5. The van der Waals surface area contributed by atoms with Gasteiger partial charge in [0, 0.05) is 37.3 Å². The van der Waals surface area contributed by atoms with Crippen molar-refractivity contribution in [1.82, 2.24) is 19.8 Å². The van der Waals surface area contributed by atoms with E-state index in [0.29, 0.717) is 54.2 Å². The molecule has 2 aromatic heterocycles. The third kappa shape index (κ3) is 3.18. The summed E-state index contributed by atoms with van der Waals surface area (Å²) in [6.07, 6.45) is 3.33. The second kappa shape index (κ2) is 7.27. The van der Waals surface area contributed by atoms with Gasteiger partial charge in [-0.3, -0.25) is 9.48 Å². The minimum atomic E-state index is -3.19. The summed E-state index contributed by atoms with van der Waals surface area (Å²) in [5, 5.41) is 17.5. The molecule has 6 rings (SSSR count). The summed E-state index contributed by atoms with van der Waals surface area (Å²) >= 11 is 0. The maximum atomic E-state index is 13.4. The van der Waals surface area contributed by atoms with Crippen molar-refractivity contribution in [3.05, 3.63) is 47.2 Å². The SMILES string of the molecule is Cn1nc(-c2cc(-c3ccc(C#N)cc3)on2)c2c1C(=O)N(CC1(S(=O)(=O)C3CC3)CC1)CC2. The molecule has 34 heavy (non-hydrogen) atoms. The van der Waals surface area contributed by atoms with Crippen LogP contribution in [0.4, 0.5) is 0 Å². The predicted molar refractivity (Wildman–Crippen MR) is 122 cm³/mol. The van der Waals surface area contributed by atoms with Crippen LogP contribution in [-0.4, -0.2) is 57.2 Å². The Morgan fingerprint density at radius 3 is 2.62 bits per heavy atom. The smallest absolute Gasteiger partial charge is 0.272 e. The molecule has 10 heteroatoms. The van der Waals surface area contributed by atoms with Crippen LogP contribution in [0.3, 0.4) is 0 Å². The quantitative estimate of drug-likeness (QED) is 0.535. The van der Waals surface area contributed by atoms with Crippen molar-refractivity contribution in [3.63, 3.8) is 0 Å². The molecule has 2 aliphatic carbocycles. The molecule has 0 N–H and O–H groups in total. The number of rotatable bonds is 6. The number of hydrogen-bond acceptors (Lipinski definition) is 7. The summed E-state index contributed by atoms with van der Waals surface area (Å²) in [6.45, 7) is 0.713. The summed E-state index contributed by atoms with van der Waals surface area (Å²) in [5.74, 6) is 0.360. The van der Waals surface area contributed by atoms with Crippen LogP contribution in [0, 0.1) is 11.3 Å². The van der Waals surface area contributed by atoms with E-state index in [9.17, 15) is 13.2 Å². The van der Waals surface area contributed by atoms with Crippen LogP contribution in [0.15, 0.2) is 34.9 Å². The fraction of sp³-hybridized carbons (Fsp3) is 0.417. The number of aromatic nitrogens is 3. The molecule has 0 radical (unpaired) electrons. The third-order valence-electron chi connectivity index (χ3n) is 7.17. The van der Waals surface area contributed by atoms with Crippen molar-refractivity contribution in [3.8, 4) is 28.8 Å². The molecule has 0 atom stereocenters. The minimum Gasteiger partial charge on any atom is -0.356 e. The molecule has 3 heterocycles. The van der Waals surface area contributed by atoms with Gasteiger partial charge in [0.15, 0.2) is 15.6 Å². The zero-order valence-electron chi connectivity index (χ0n) is 18.7. The second-order valence-corrected chi connectivity index (χ2v) is 12.1. The molecule has 1 aromatic carbocycles. The van der Waals surface area contributed by atoms with Gasteiger partial charge in [-0.05, 0) is 56.4 Å². The Kier molecular flexibility index (Phi) is 4.51. The van der Waals surface area contributed by atoms with Crippen LogP contribution in [0.2, 0.25) is 0 Å². The Hall–Kier alpha value is -3.45. The summed E-state index contributed by atoms with van der Waals surface area (Å²) < 4.78 is 32.2. The second-order valence-electron chi connectivity index (χ2n) is 9.47. The molecule has 1 aliphatic heterocycles. The average molecular weight is 478 g/mol. The summed E-state index contributed by atoms with van der Waals surface area (Å²) in [5.41, 5.74) is 3.76. The number of carbonyl (C=O) groups excluding carboxylic acids is 1. The van der Waals surface area contributed by atoms with Crippen molar-refractivity contribution >= 4 is 15.7 Å². The molecule has 0 bridgehead atoms. The lowest BCUT2D eigenvalue weighted by molar-refractivity contribution is 0.0724. The Bertz CT molecular complexity index is 1450. The van der Waals surface area contributed by atoms with E-state index in [1.165, 1.54) is 0 Å². The molecule has 174 valence electrons. The maximum Gasteiger partial charge on any atom is 0.272 e. The Labute approximate surface area is 196 Å². The number of benzene rings is 1. The van der Waals surface area contributed by atoms with Crippen molar-refractivity contribution in [2.45, 2.75) is 42.1 Å². The van der Waals surface area contributed by atoms with Crippen molar-refractivity contribution < 1.29 is 17.7 Å². The highest BCUT2D eigenvalue weighted by molar-refractivity contribution is 7.94. The number of aryl methyl sites for hydroxylation is 1. The van der Waals surface area contributed by atoms with Crippen molar-refractivity contribution in [1.29, 1.82) is 5.26 Å². The van der Waals surface area contributed by atoms with Gasteiger partial charge in [0.2, 0.25) is 0 Å². The van der Waals surface area contributed by atoms with Crippen LogP contribution >= 0.6 is 0 Å². The molecule has 0 spiro atoms. The molecule has 0 saturated heterocycles. The molecule has 3 aromatic rings. The van der Waals surface area contributed by atoms with E-state index < -0.39 is 14.6 Å². The predicted octanol–water partition coefficient (Wildman–Crippen LogP) is 2.72. The van der Waals surface area contributed by atoms with E-state index in [4.69, 9.17) is 9.78 Å². The van der Waals surface area contributed by atoms with Gasteiger partial charge in [-0.1, -0.05) is 5.16 Å². The lowest BCUT2D eigenvalue weighted by Gasteiger charge is -2.31. The highest BCUT2D eigenvalue weighted by Crippen LogP contribution is 2.51. The van der Waals surface area contributed by atoms with E-state index in [1.54, 1.807) is 47.0 Å². The summed E-state index contributed by atoms with van der Waals surface area (Å²) in [4.78, 5) is 15.1. The van der Waals surface area contributed by atoms with E-state index in [1.807, 2.05) is 0 Å². The third-order valence-corrected chi connectivity index (χ3v) is 10.3. The Balaban J connectivity index is 1.27. The fourth-order valence-corrected chi connectivity index (χ4v) is 7.38. The van der Waals surface area contributed by atoms with E-state index in [0.717, 1.165) is 24.0 Å². The first-order valence-corrected chi connectivity index (χ1v) is 12.9. The van der Waals surface area contributed by atoms with Crippen LogP contribution in [0.25, 0.3) is 22.7 Å². The zero-order chi connectivity index (χ0) is 23.7. The number of hydrogen-bond donors (Lipinski definition) is 0. The number of fused-ring (bicyclic) bond motifs is 1. The van der Waals surface area contributed by atoms with E-state index in [2.05, 4.69) is 16.3 Å². The highest BCUT2D eigenvalue weighted by Gasteiger charge is 2.60. The van der Waals surface area contributed by atoms with Gasteiger partial charge >= 0.3 is 0 Å². The van der Waals surface area contributed by atoms with Gasteiger partial charge in [-0.15, -0.1) is 0 Å². The number of nitriles is 1. The van der Waals surface area contributed by atoms with E-state index >= 15 is 0 Å². The van der Waals surface area contributed by atoms with Gasteiger partial charge in [0.05, 0.1) is 21.6 Å². The minimum absolute atomic E-state index is 0.185. The largest absolute Gasteiger partial charge is 0.356 e. The summed E-state index contributed by atoms with van der Waals surface area (Å²) in [6, 6.07) is 10.9. The molecule has 9 nitrogen and oxygen atoms in total. The van der Waals surface area contributed by atoms with Crippen LogP contribution < -0.4 is 0 Å². The van der Waals surface area contributed by atoms with Crippen LogP contribution in [-0.2, 0) is 23.3 Å². The lowest BCUT2D eigenvalue weighted by atomic mass is 10.0. The molecular weight excluding hydrogens is 454 g/mol. The van der Waals surface area contributed by atoms with Crippen LogP contribution in [0.5, 0.6) is 0 Å². The summed E-state index contributed by atoms with van der Waals surface area (Å²) in [7, 11) is -1.47. The topological polar surface area (TPSA) is 122 Å². The number of amides is 1. The monoisotopic (exact) mass is 477 g/mol. The average Bonchev–Trinajstić information content (AvgIpc) is 3.75. The maximum absolute atomic E-state index is 13.4. The van der Waals surface area contributed by atoms with Gasteiger partial charge in [0.1, 0.15) is 17.1 Å². The standard InChI is InChI=1S/C24H23N5O4S/c1-28-22-18(8-11-29(23(22)30)14-24(9-10-24)34(31,32)17-6-7-17)21(26-28)19-12-20(33-27-19)16-4-2-15(13-25)3-5-16/h2-5,12,17H,6-11,14H2,1H3. The first-order chi connectivity index (χ1) is 16.3. The molecule has 0 unspecified atom stereocenters. The molecule has 1 amide bonds. The van der Waals surface area contributed by atoms with Gasteiger partial charge in [-0.25, -0.2) is 8.42 Å². The molecule has 2 saturated carbocycles. The highest BCUT2D eigenvalue weighted by atomic mass is 32.2. The first kappa shape index (κ1) is 21.1. The molecular formula is C24H23N5O4S. The van der Waals surface area contributed by atoms with Crippen molar-refractivity contribution in [2.75, 3.05) is 13.1 Å². The van der Waals surface area contributed by atoms with Crippen molar-refractivity contribution in [2.24, 2.45) is 7.05 Å². The first-order valence-electron chi connectivity index (χ1n) is 11.4. The fourth-order valence-electron chi connectivity index (χ4n) is 4.91. The van der Waals surface area contributed by atoms with Gasteiger partial charge in [0.25, 0.3) is 5.91 Å². The Morgan fingerprint density at radius 1 is 1.24 bits per heavy atom. The van der Waals surface area contributed by atoms with Gasteiger partial charge in [-0.2, -0.15) is 10.4 Å². The number of sulfone groups is 1. The van der Waals surface area contributed by atoms with Gasteiger partial charge < -0.3 is 9.42 Å².